The topological polar surface area (TPSA) is 38.7 Å². The van der Waals surface area contributed by atoms with E-state index in [1.54, 1.807) is 0 Å². The van der Waals surface area contributed by atoms with Gasteiger partial charge in [0.2, 0.25) is 0 Å². The molecule has 0 spiro atoms. The van der Waals surface area contributed by atoms with Crippen molar-refractivity contribution in [2.45, 2.75) is 0 Å². The van der Waals surface area contributed by atoms with E-state index in [1.807, 2.05) is 47.7 Å². The molecule has 0 aliphatic carbocycles. The normalized spacial score (nSPS) is 11.3. The van der Waals surface area contributed by atoms with E-state index in [2.05, 4.69) is 148 Å². The Balaban J connectivity index is 1.13. The summed E-state index contributed by atoms with van der Waals surface area (Å²) >= 11 is 1.81. The van der Waals surface area contributed by atoms with Gasteiger partial charge in [0.1, 0.15) is 39.2 Å². The van der Waals surface area contributed by atoms with Crippen LogP contribution >= 0.6 is 11.3 Å². The van der Waals surface area contributed by atoms with Gasteiger partial charge in [0.25, 0.3) is 0 Å². The first-order valence-corrected chi connectivity index (χ1v) is 19.3. The molecule has 0 radical (unpaired) electrons. The number of benzene rings is 7. The molecule has 9 rings (SSSR count). The van der Waals surface area contributed by atoms with Crippen molar-refractivity contribution in [2.75, 3.05) is 0 Å². The molecule has 0 bridgehead atoms. The number of rotatable bonds is 6. The standard InChI is InChI=1S/C45H34B5N3S/c46-38-36(39(47)41(49)42(50)40(38)48)26-19-17-25(18-20-26)29-13-7-14-30(23-29)31-21-22-34-33(24-31)37-32(15-8-16-35(37)54-34)45-52-43(27-9-3-1-4-10-27)51-44(53-45)28-11-5-2-6-12-28/h1-24H,46-50H2. The van der Waals surface area contributed by atoms with Crippen LogP contribution in [0.5, 0.6) is 0 Å². The zero-order valence-electron chi connectivity index (χ0n) is 31.1. The molecule has 0 amide bonds. The second kappa shape index (κ2) is 13.8. The first-order chi connectivity index (χ1) is 26.3. The quantitative estimate of drug-likeness (QED) is 0.249. The molecule has 0 saturated heterocycles. The molecule has 2 aromatic heterocycles. The lowest BCUT2D eigenvalue weighted by Gasteiger charge is -2.20. The molecule has 0 aliphatic rings. The van der Waals surface area contributed by atoms with Crippen LogP contribution < -0.4 is 27.3 Å². The van der Waals surface area contributed by atoms with Gasteiger partial charge in [-0.1, -0.05) is 132 Å². The number of hydrogen-bond acceptors (Lipinski definition) is 4. The van der Waals surface area contributed by atoms with Crippen LogP contribution in [0.1, 0.15) is 0 Å². The van der Waals surface area contributed by atoms with E-state index >= 15 is 0 Å². The monoisotopic (exact) mass is 703 g/mol. The summed E-state index contributed by atoms with van der Waals surface area (Å²) < 4.78 is 2.45. The van der Waals surface area contributed by atoms with Crippen LogP contribution in [0.25, 0.3) is 87.7 Å². The molecule has 7 aromatic carbocycles. The maximum Gasteiger partial charge on any atom is 0.164 e. The molecule has 0 atom stereocenters. The smallest absolute Gasteiger partial charge is 0.164 e. The summed E-state index contributed by atoms with van der Waals surface area (Å²) in [5, 5.41) is 2.37. The lowest BCUT2D eigenvalue weighted by molar-refractivity contribution is 1.08. The van der Waals surface area contributed by atoms with E-state index in [0.717, 1.165) is 16.7 Å². The fourth-order valence-corrected chi connectivity index (χ4v) is 8.87. The van der Waals surface area contributed by atoms with Gasteiger partial charge in [-0.05, 0) is 57.6 Å². The Morgan fingerprint density at radius 3 is 1.46 bits per heavy atom. The van der Waals surface area contributed by atoms with Crippen LogP contribution in [0.3, 0.4) is 0 Å². The molecule has 2 heterocycles. The third-order valence-electron chi connectivity index (χ3n) is 11.1. The summed E-state index contributed by atoms with van der Waals surface area (Å²) in [6.07, 6.45) is 0. The predicted octanol–water partition coefficient (Wildman–Crippen LogP) is 3.53. The summed E-state index contributed by atoms with van der Waals surface area (Å²) in [7, 11) is 11.2. The summed E-state index contributed by atoms with van der Waals surface area (Å²) in [5.41, 5.74) is 17.2. The van der Waals surface area contributed by atoms with E-state index in [9.17, 15) is 0 Å². The number of hydrogen-bond donors (Lipinski definition) is 0. The van der Waals surface area contributed by atoms with Crippen LogP contribution in [0, 0.1) is 0 Å². The Hall–Kier alpha value is -5.91. The summed E-state index contributed by atoms with van der Waals surface area (Å²) in [4.78, 5) is 15.1. The summed E-state index contributed by atoms with van der Waals surface area (Å²) in [6, 6.07) is 51.6. The zero-order chi connectivity index (χ0) is 36.9. The van der Waals surface area contributed by atoms with Gasteiger partial charge in [-0.3, -0.25) is 0 Å². The number of nitrogens with zero attached hydrogens (tertiary/aromatic N) is 3. The Bertz CT molecular complexity index is 2790. The van der Waals surface area contributed by atoms with E-state index in [-0.39, 0.29) is 0 Å². The summed E-state index contributed by atoms with van der Waals surface area (Å²) in [5.74, 6) is 2.00. The second-order valence-electron chi connectivity index (χ2n) is 14.2. The SMILES string of the molecule is Bc1c(B)c(B)c(-c2ccc(-c3cccc(-c4ccc5sc6cccc(-c7nc(-c8ccccc8)nc(-c8ccccc8)n7)c6c5c4)c3)cc2)c(B)c1B. The van der Waals surface area contributed by atoms with Crippen LogP contribution in [-0.2, 0) is 0 Å². The van der Waals surface area contributed by atoms with E-state index < -0.39 is 0 Å². The Morgan fingerprint density at radius 1 is 0.352 bits per heavy atom. The van der Waals surface area contributed by atoms with E-state index in [4.69, 9.17) is 15.0 Å². The molecular weight excluding hydrogens is 669 g/mol. The third kappa shape index (κ3) is 5.99. The Morgan fingerprint density at radius 2 is 0.833 bits per heavy atom. The van der Waals surface area contributed by atoms with Crippen molar-refractivity contribution in [1.82, 2.24) is 15.0 Å². The molecule has 54 heavy (non-hydrogen) atoms. The average molecular weight is 703 g/mol. The lowest BCUT2D eigenvalue weighted by Crippen LogP contribution is -2.55. The van der Waals surface area contributed by atoms with Gasteiger partial charge < -0.3 is 0 Å². The largest absolute Gasteiger partial charge is 0.208 e. The Labute approximate surface area is 324 Å². The fraction of sp³-hybridized carbons (Fsp3) is 0. The number of thiophene rings is 1. The van der Waals surface area contributed by atoms with Crippen molar-refractivity contribution in [3.63, 3.8) is 0 Å². The third-order valence-corrected chi connectivity index (χ3v) is 12.3. The maximum absolute atomic E-state index is 5.09. The van der Waals surface area contributed by atoms with Crippen molar-refractivity contribution in [2.24, 2.45) is 0 Å². The van der Waals surface area contributed by atoms with Crippen molar-refractivity contribution < 1.29 is 0 Å². The lowest BCUT2D eigenvalue weighted by atomic mass is 9.59. The highest BCUT2D eigenvalue weighted by Crippen LogP contribution is 2.41. The number of fused-ring (bicyclic) bond motifs is 3. The van der Waals surface area contributed by atoms with Crippen molar-refractivity contribution in [3.05, 3.63) is 146 Å². The van der Waals surface area contributed by atoms with Gasteiger partial charge in [0, 0.05) is 36.9 Å². The zero-order valence-corrected chi connectivity index (χ0v) is 31.9. The minimum absolute atomic E-state index is 0.663. The highest BCUT2D eigenvalue weighted by atomic mass is 32.1. The molecule has 250 valence electrons. The molecule has 0 fully saturated rings. The molecule has 0 N–H and O–H groups in total. The molecule has 0 unspecified atom stereocenters. The molecule has 0 aliphatic heterocycles. The molecule has 0 saturated carbocycles. The van der Waals surface area contributed by atoms with Gasteiger partial charge in [-0.15, -0.1) is 27.7 Å². The number of aromatic nitrogens is 3. The van der Waals surface area contributed by atoms with Crippen LogP contribution in [-0.4, -0.2) is 54.2 Å². The Kier molecular flexibility index (Phi) is 8.68. The molecule has 9 aromatic rings. The van der Waals surface area contributed by atoms with Gasteiger partial charge >= 0.3 is 0 Å². The molecule has 9 heteroatoms. The van der Waals surface area contributed by atoms with Crippen LogP contribution in [0.2, 0.25) is 0 Å². The predicted molar refractivity (Wildman–Crippen MR) is 246 cm³/mol. The van der Waals surface area contributed by atoms with Crippen LogP contribution in [0.4, 0.5) is 0 Å². The van der Waals surface area contributed by atoms with Gasteiger partial charge in [-0.25, -0.2) is 15.0 Å². The molecular formula is C45H34B5N3S. The van der Waals surface area contributed by atoms with Gasteiger partial charge in [0.15, 0.2) is 17.5 Å². The van der Waals surface area contributed by atoms with E-state index in [0.29, 0.717) is 17.5 Å². The van der Waals surface area contributed by atoms with Crippen molar-refractivity contribution in [1.29, 1.82) is 0 Å². The fourth-order valence-electron chi connectivity index (χ4n) is 7.76. The first kappa shape index (κ1) is 33.9. The van der Waals surface area contributed by atoms with Gasteiger partial charge in [0.05, 0.1) is 0 Å². The highest BCUT2D eigenvalue weighted by Gasteiger charge is 2.18. The van der Waals surface area contributed by atoms with Crippen LogP contribution in [0.15, 0.2) is 146 Å². The minimum atomic E-state index is 0.663. The van der Waals surface area contributed by atoms with Gasteiger partial charge in [-0.2, -0.15) is 0 Å². The molecule has 3 nitrogen and oxygen atoms in total. The minimum Gasteiger partial charge on any atom is -0.208 e. The van der Waals surface area contributed by atoms with Crippen molar-refractivity contribution >= 4 is 98.1 Å². The second-order valence-corrected chi connectivity index (χ2v) is 15.3. The maximum atomic E-state index is 5.09. The average Bonchev–Trinajstić information content (AvgIpc) is 3.61. The van der Waals surface area contributed by atoms with E-state index in [1.165, 1.54) is 80.9 Å². The highest BCUT2D eigenvalue weighted by molar-refractivity contribution is 7.26. The van der Waals surface area contributed by atoms with Crippen molar-refractivity contribution in [3.8, 4) is 67.5 Å². The first-order valence-electron chi connectivity index (χ1n) is 18.4. The summed E-state index contributed by atoms with van der Waals surface area (Å²) in [6.45, 7) is 0.